The first kappa shape index (κ1) is 40.5. The first-order valence-corrected chi connectivity index (χ1v) is 22.9. The molecule has 0 N–H and O–H groups in total. The minimum atomic E-state index is 0.164. The number of benzene rings is 9. The normalized spacial score (nSPS) is 12.0. The SMILES string of the molecule is Cc1ccc(C)c(N(c2ccc3cc4c(cc3c2)oc2c(C(C)C)c3oc5cc6cc(N(c7cc(C)ccc7C)c7cc(C)ccc7C)ccc6cc5c3cc24)c2cc(C)ccc2C)c1. The molecule has 2 heterocycles. The number of aryl methyl sites for hydroxylation is 8. The Hall–Kier alpha value is -7.30. The van der Waals surface area contributed by atoms with Gasteiger partial charge in [0, 0.05) is 61.2 Å². The summed E-state index contributed by atoms with van der Waals surface area (Å²) in [7, 11) is 0. The van der Waals surface area contributed by atoms with Crippen LogP contribution in [-0.2, 0) is 0 Å². The summed E-state index contributed by atoms with van der Waals surface area (Å²) in [5, 5.41) is 9.07. The fourth-order valence-electron chi connectivity index (χ4n) is 10.1. The fourth-order valence-corrected chi connectivity index (χ4v) is 10.1. The van der Waals surface area contributed by atoms with Crippen LogP contribution in [0.4, 0.5) is 34.1 Å². The van der Waals surface area contributed by atoms with Crippen LogP contribution in [0.15, 0.2) is 148 Å². The summed E-state index contributed by atoms with van der Waals surface area (Å²) in [5.74, 6) is 0.164. The Morgan fingerprint density at radius 2 is 0.692 bits per heavy atom. The Labute approximate surface area is 381 Å². The number of hydrogen-bond acceptors (Lipinski definition) is 4. The average molecular weight is 847 g/mol. The number of hydrogen-bond donors (Lipinski definition) is 0. The van der Waals surface area contributed by atoms with Crippen molar-refractivity contribution in [3.63, 3.8) is 0 Å². The van der Waals surface area contributed by atoms with Gasteiger partial charge in [0.25, 0.3) is 0 Å². The number of rotatable bonds is 7. The number of anilines is 6. The number of furan rings is 2. The molecule has 2 aromatic heterocycles. The van der Waals surface area contributed by atoms with Crippen molar-refractivity contribution >= 4 is 99.5 Å². The highest BCUT2D eigenvalue weighted by molar-refractivity contribution is 6.20. The Morgan fingerprint density at radius 1 is 0.338 bits per heavy atom. The van der Waals surface area contributed by atoms with E-state index < -0.39 is 0 Å². The van der Waals surface area contributed by atoms with E-state index >= 15 is 0 Å². The maximum atomic E-state index is 6.96. The molecule has 0 spiro atoms. The molecule has 0 saturated heterocycles. The maximum Gasteiger partial charge on any atom is 0.142 e. The molecular weight excluding hydrogens is 793 g/mol. The lowest BCUT2D eigenvalue weighted by atomic mass is 9.95. The van der Waals surface area contributed by atoms with Gasteiger partial charge in [-0.3, -0.25) is 0 Å². The van der Waals surface area contributed by atoms with Crippen LogP contribution in [0.5, 0.6) is 0 Å². The van der Waals surface area contributed by atoms with E-state index in [0.29, 0.717) is 0 Å². The first-order chi connectivity index (χ1) is 31.3. The predicted molar refractivity (Wildman–Crippen MR) is 277 cm³/mol. The largest absolute Gasteiger partial charge is 0.456 e. The highest BCUT2D eigenvalue weighted by atomic mass is 16.3. The monoisotopic (exact) mass is 846 g/mol. The minimum Gasteiger partial charge on any atom is -0.456 e. The van der Waals surface area contributed by atoms with E-state index in [1.807, 2.05) is 0 Å². The molecule has 0 radical (unpaired) electrons. The molecule has 0 aliphatic rings. The summed E-state index contributed by atoms with van der Waals surface area (Å²) >= 11 is 0. The highest BCUT2D eigenvalue weighted by Crippen LogP contribution is 2.47. The summed E-state index contributed by atoms with van der Waals surface area (Å²) < 4.78 is 13.9. The second-order valence-electron chi connectivity index (χ2n) is 19.0. The van der Waals surface area contributed by atoms with E-state index in [2.05, 4.69) is 219 Å². The maximum absolute atomic E-state index is 6.96. The van der Waals surface area contributed by atoms with Gasteiger partial charge in [-0.1, -0.05) is 74.5 Å². The molecule has 9 aromatic carbocycles. The van der Waals surface area contributed by atoms with Gasteiger partial charge in [-0.2, -0.15) is 0 Å². The van der Waals surface area contributed by atoms with Crippen LogP contribution in [0.1, 0.15) is 69.8 Å². The van der Waals surface area contributed by atoms with Crippen LogP contribution >= 0.6 is 0 Å². The van der Waals surface area contributed by atoms with E-state index in [0.717, 1.165) is 71.6 Å². The summed E-state index contributed by atoms with van der Waals surface area (Å²) in [4.78, 5) is 4.83. The molecule has 11 rings (SSSR count). The molecule has 0 saturated carbocycles. The van der Waals surface area contributed by atoms with Crippen molar-refractivity contribution < 1.29 is 8.83 Å². The molecule has 65 heavy (non-hydrogen) atoms. The van der Waals surface area contributed by atoms with Gasteiger partial charge < -0.3 is 18.6 Å². The van der Waals surface area contributed by atoms with Gasteiger partial charge in [0.05, 0.1) is 0 Å². The lowest BCUT2D eigenvalue weighted by Crippen LogP contribution is -2.13. The zero-order valence-corrected chi connectivity index (χ0v) is 39.1. The van der Waals surface area contributed by atoms with Crippen LogP contribution < -0.4 is 9.80 Å². The molecule has 0 bridgehead atoms. The Bertz CT molecular complexity index is 3410. The first-order valence-electron chi connectivity index (χ1n) is 22.9. The average Bonchev–Trinajstić information content (AvgIpc) is 3.82. The lowest BCUT2D eigenvalue weighted by Gasteiger charge is -2.29. The standard InChI is InChI=1S/C61H54N2O2/c1-34(2)59-60-51(49-29-43-19-21-47(27-45(43)31-57(49)64-60)62(53-23-35(3)11-15-39(53)7)54-24-36(4)12-16-40(54)8)33-52-50-30-44-20-22-48(28-46(44)32-58(50)65-61(52)59)63(55-25-37(5)13-17-41(55)9)56-26-38(6)14-18-42(56)10/h11-34H,1-10H3. The van der Waals surface area contributed by atoms with E-state index in [1.54, 1.807) is 0 Å². The van der Waals surface area contributed by atoms with Crippen molar-refractivity contribution in [1.29, 1.82) is 0 Å². The van der Waals surface area contributed by atoms with Gasteiger partial charge in [0.2, 0.25) is 0 Å². The van der Waals surface area contributed by atoms with Crippen molar-refractivity contribution in [2.75, 3.05) is 9.80 Å². The third-order valence-electron chi connectivity index (χ3n) is 13.6. The summed E-state index contributed by atoms with van der Waals surface area (Å²) in [6.45, 7) is 21.9. The molecule has 0 fully saturated rings. The Kier molecular flexibility index (Phi) is 9.44. The summed E-state index contributed by atoms with van der Waals surface area (Å²) in [5.41, 5.74) is 21.5. The third kappa shape index (κ3) is 6.74. The smallest absolute Gasteiger partial charge is 0.142 e. The van der Waals surface area contributed by atoms with Gasteiger partial charge in [0.1, 0.15) is 22.3 Å². The molecule has 0 amide bonds. The second-order valence-corrected chi connectivity index (χ2v) is 19.0. The molecule has 4 nitrogen and oxygen atoms in total. The minimum absolute atomic E-state index is 0.164. The Morgan fingerprint density at radius 3 is 1.03 bits per heavy atom. The van der Waals surface area contributed by atoms with Gasteiger partial charge in [0.15, 0.2) is 0 Å². The highest BCUT2D eigenvalue weighted by Gasteiger charge is 2.24. The van der Waals surface area contributed by atoms with Gasteiger partial charge in [-0.25, -0.2) is 0 Å². The topological polar surface area (TPSA) is 32.8 Å². The fraction of sp³-hybridized carbons (Fsp3) is 0.180. The zero-order valence-electron chi connectivity index (χ0n) is 39.1. The number of nitrogens with zero attached hydrogens (tertiary/aromatic N) is 2. The summed E-state index contributed by atoms with van der Waals surface area (Å²) in [6.07, 6.45) is 0. The van der Waals surface area contributed by atoms with Gasteiger partial charge in [-0.05, 0) is 206 Å². The molecular formula is C61H54N2O2. The van der Waals surface area contributed by atoms with Crippen molar-refractivity contribution in [3.05, 3.63) is 190 Å². The van der Waals surface area contributed by atoms with Crippen LogP contribution in [-0.4, -0.2) is 0 Å². The third-order valence-corrected chi connectivity index (χ3v) is 13.6. The van der Waals surface area contributed by atoms with Crippen LogP contribution in [0.3, 0.4) is 0 Å². The number of fused-ring (bicyclic) bond motifs is 8. The molecule has 11 aromatic rings. The Balaban J connectivity index is 1.06. The quantitative estimate of drug-likeness (QED) is 0.160. The lowest BCUT2D eigenvalue weighted by molar-refractivity contribution is 0.638. The van der Waals surface area contributed by atoms with E-state index in [-0.39, 0.29) is 5.92 Å². The van der Waals surface area contributed by atoms with Crippen LogP contribution in [0.25, 0.3) is 65.4 Å². The van der Waals surface area contributed by atoms with Crippen molar-refractivity contribution in [1.82, 2.24) is 0 Å². The molecule has 320 valence electrons. The van der Waals surface area contributed by atoms with E-state index in [4.69, 9.17) is 8.83 Å². The van der Waals surface area contributed by atoms with Crippen molar-refractivity contribution in [2.45, 2.75) is 75.2 Å². The van der Waals surface area contributed by atoms with E-state index in [1.165, 1.54) is 78.0 Å². The zero-order chi connectivity index (χ0) is 45.0. The summed E-state index contributed by atoms with van der Waals surface area (Å²) in [6, 6.07) is 51.9. The second kappa shape index (κ2) is 15.2. The molecule has 0 atom stereocenters. The van der Waals surface area contributed by atoms with Crippen LogP contribution in [0, 0.1) is 55.4 Å². The molecule has 4 heteroatoms. The van der Waals surface area contributed by atoms with Crippen molar-refractivity contribution in [3.8, 4) is 0 Å². The molecule has 0 aliphatic heterocycles. The van der Waals surface area contributed by atoms with Gasteiger partial charge >= 0.3 is 0 Å². The van der Waals surface area contributed by atoms with Crippen molar-refractivity contribution in [2.24, 2.45) is 0 Å². The van der Waals surface area contributed by atoms with Gasteiger partial charge in [-0.15, -0.1) is 0 Å². The predicted octanol–water partition coefficient (Wildman–Crippen LogP) is 18.3. The molecule has 0 aliphatic carbocycles. The van der Waals surface area contributed by atoms with Crippen LogP contribution in [0.2, 0.25) is 0 Å². The molecule has 0 unspecified atom stereocenters. The van der Waals surface area contributed by atoms with E-state index in [9.17, 15) is 0 Å².